The highest BCUT2D eigenvalue weighted by molar-refractivity contribution is 7.88. The molecule has 0 saturated carbocycles. The summed E-state index contributed by atoms with van der Waals surface area (Å²) in [7, 11) is -2.02. The van der Waals surface area contributed by atoms with Gasteiger partial charge in [-0.3, -0.25) is 4.79 Å². The number of carbonyl (C=O) groups is 2. The molecule has 4 rings (SSSR count). The van der Waals surface area contributed by atoms with Gasteiger partial charge in [0, 0.05) is 12.6 Å². The fourth-order valence-electron chi connectivity index (χ4n) is 3.97. The number of anilines is 1. The Hall–Kier alpha value is -2.91. The van der Waals surface area contributed by atoms with Gasteiger partial charge in [-0.25, -0.2) is 22.8 Å². The number of piperidine rings is 1. The average molecular weight is 429 g/mol. The van der Waals surface area contributed by atoms with Gasteiger partial charge in [0.05, 0.1) is 18.6 Å². The zero-order valence-corrected chi connectivity index (χ0v) is 17.3. The zero-order chi connectivity index (χ0) is 21.3. The van der Waals surface area contributed by atoms with Crippen LogP contribution < -0.4 is 14.4 Å². The van der Waals surface area contributed by atoms with Crippen LogP contribution in [-0.4, -0.2) is 51.0 Å². The SMILES string of the molecule is COc1ccc(N2C(=O)[C@@H]3C[C@@H](NS(=O)(=O)Cc4ccccc4)CCN3C2=O)cc1. The number of urea groups is 1. The Bertz CT molecular complexity index is 1040. The van der Waals surface area contributed by atoms with Gasteiger partial charge in [0.15, 0.2) is 0 Å². The van der Waals surface area contributed by atoms with Gasteiger partial charge in [-0.15, -0.1) is 0 Å². The first-order valence-corrected chi connectivity index (χ1v) is 11.4. The number of benzene rings is 2. The lowest BCUT2D eigenvalue weighted by Gasteiger charge is -2.32. The molecule has 9 heteroatoms. The molecule has 0 bridgehead atoms. The fraction of sp³-hybridized carbons (Fsp3) is 0.333. The van der Waals surface area contributed by atoms with E-state index in [9.17, 15) is 18.0 Å². The maximum atomic E-state index is 13.0. The molecule has 0 radical (unpaired) electrons. The van der Waals surface area contributed by atoms with Gasteiger partial charge in [-0.2, -0.15) is 0 Å². The van der Waals surface area contributed by atoms with Gasteiger partial charge in [0.2, 0.25) is 10.0 Å². The molecule has 0 spiro atoms. The Kier molecular flexibility index (Phi) is 5.48. The van der Waals surface area contributed by atoms with Crippen LogP contribution in [0.15, 0.2) is 54.6 Å². The molecule has 0 aromatic heterocycles. The van der Waals surface area contributed by atoms with Crippen LogP contribution in [0.2, 0.25) is 0 Å². The predicted molar refractivity (Wildman–Crippen MR) is 112 cm³/mol. The molecule has 8 nitrogen and oxygen atoms in total. The van der Waals surface area contributed by atoms with E-state index in [4.69, 9.17) is 4.74 Å². The molecule has 1 N–H and O–H groups in total. The van der Waals surface area contributed by atoms with Crippen LogP contribution in [0, 0.1) is 0 Å². The number of imide groups is 1. The van der Waals surface area contributed by atoms with Crippen molar-refractivity contribution in [1.29, 1.82) is 0 Å². The summed E-state index contributed by atoms with van der Waals surface area (Å²) in [6, 6.07) is 14.2. The maximum absolute atomic E-state index is 13.0. The molecule has 2 saturated heterocycles. The quantitative estimate of drug-likeness (QED) is 0.710. The van der Waals surface area contributed by atoms with Crippen molar-refractivity contribution < 1.29 is 22.7 Å². The van der Waals surface area contributed by atoms with E-state index in [0.29, 0.717) is 30.0 Å². The molecular weight excluding hydrogens is 406 g/mol. The van der Waals surface area contributed by atoms with Gasteiger partial charge in [0.1, 0.15) is 11.8 Å². The molecule has 3 amide bonds. The summed E-state index contributed by atoms with van der Waals surface area (Å²) in [4.78, 5) is 28.4. The summed E-state index contributed by atoms with van der Waals surface area (Å²) < 4.78 is 32.9. The first kappa shape index (κ1) is 20.4. The van der Waals surface area contributed by atoms with Crippen molar-refractivity contribution >= 4 is 27.6 Å². The minimum absolute atomic E-state index is 0.121. The van der Waals surface area contributed by atoms with Crippen molar-refractivity contribution in [2.75, 3.05) is 18.6 Å². The number of methoxy groups -OCH3 is 1. The van der Waals surface area contributed by atoms with E-state index in [1.165, 1.54) is 4.90 Å². The van der Waals surface area contributed by atoms with E-state index in [-0.39, 0.29) is 24.1 Å². The molecule has 2 heterocycles. The van der Waals surface area contributed by atoms with Crippen LogP contribution in [0.25, 0.3) is 0 Å². The van der Waals surface area contributed by atoms with E-state index in [0.717, 1.165) is 4.90 Å². The third-order valence-electron chi connectivity index (χ3n) is 5.42. The van der Waals surface area contributed by atoms with Gasteiger partial charge in [0.25, 0.3) is 5.91 Å². The third-order valence-corrected chi connectivity index (χ3v) is 6.83. The molecular formula is C21H23N3O5S. The molecule has 0 unspecified atom stereocenters. The van der Waals surface area contributed by atoms with Crippen LogP contribution in [0.5, 0.6) is 5.75 Å². The molecule has 2 aromatic rings. The Morgan fingerprint density at radius 3 is 2.43 bits per heavy atom. The molecule has 158 valence electrons. The van der Waals surface area contributed by atoms with Crippen molar-refractivity contribution in [2.24, 2.45) is 0 Å². The Morgan fingerprint density at radius 1 is 1.07 bits per heavy atom. The number of nitrogens with one attached hydrogen (secondary N) is 1. The van der Waals surface area contributed by atoms with Crippen molar-refractivity contribution in [3.63, 3.8) is 0 Å². The predicted octanol–water partition coefficient (Wildman–Crippen LogP) is 2.11. The monoisotopic (exact) mass is 429 g/mol. The van der Waals surface area contributed by atoms with E-state index in [2.05, 4.69) is 4.72 Å². The lowest BCUT2D eigenvalue weighted by Crippen LogP contribution is -2.49. The van der Waals surface area contributed by atoms with Crippen LogP contribution in [-0.2, 0) is 20.6 Å². The second-order valence-corrected chi connectivity index (χ2v) is 9.20. The lowest BCUT2D eigenvalue weighted by atomic mass is 9.99. The number of ether oxygens (including phenoxy) is 1. The van der Waals surface area contributed by atoms with Gasteiger partial charge in [-0.05, 0) is 42.7 Å². The first-order valence-electron chi connectivity index (χ1n) is 9.70. The zero-order valence-electron chi connectivity index (χ0n) is 16.5. The standard InChI is InChI=1S/C21H23N3O5S/c1-29-18-9-7-17(8-10-18)24-20(25)19-13-16(11-12-23(19)21(24)26)22-30(27,28)14-15-5-3-2-4-6-15/h2-10,16,19,22H,11-14H2,1H3/t16-,19-/m0/s1. The number of fused-ring (bicyclic) bond motifs is 1. The number of hydrogen-bond donors (Lipinski definition) is 1. The highest BCUT2D eigenvalue weighted by atomic mass is 32.2. The Balaban J connectivity index is 1.45. The van der Waals surface area contributed by atoms with Crippen molar-refractivity contribution in [2.45, 2.75) is 30.7 Å². The fourth-order valence-corrected chi connectivity index (χ4v) is 5.40. The number of carbonyl (C=O) groups excluding carboxylic acids is 2. The number of nitrogens with zero attached hydrogens (tertiary/aromatic N) is 2. The lowest BCUT2D eigenvalue weighted by molar-refractivity contribution is -0.120. The third kappa shape index (κ3) is 4.03. The summed E-state index contributed by atoms with van der Waals surface area (Å²) in [5, 5.41) is 0. The summed E-state index contributed by atoms with van der Waals surface area (Å²) in [6.45, 7) is 0.320. The number of hydrogen-bond acceptors (Lipinski definition) is 5. The number of sulfonamides is 1. The molecule has 2 aliphatic rings. The highest BCUT2D eigenvalue weighted by Crippen LogP contribution is 2.32. The van der Waals surface area contributed by atoms with E-state index < -0.39 is 22.1 Å². The molecule has 2 atom stereocenters. The molecule has 2 aliphatic heterocycles. The van der Waals surface area contributed by atoms with Crippen molar-refractivity contribution in [3.05, 3.63) is 60.2 Å². The second-order valence-electron chi connectivity index (χ2n) is 7.45. The smallest absolute Gasteiger partial charge is 0.332 e. The minimum Gasteiger partial charge on any atom is -0.497 e. The van der Waals surface area contributed by atoms with Crippen molar-refractivity contribution in [1.82, 2.24) is 9.62 Å². The van der Waals surface area contributed by atoms with Gasteiger partial charge in [-0.1, -0.05) is 30.3 Å². The van der Waals surface area contributed by atoms with E-state index in [1.54, 1.807) is 55.6 Å². The van der Waals surface area contributed by atoms with Crippen molar-refractivity contribution in [3.8, 4) is 5.75 Å². The number of amides is 3. The topological polar surface area (TPSA) is 96.0 Å². The summed E-state index contributed by atoms with van der Waals surface area (Å²) in [6.07, 6.45) is 0.714. The Morgan fingerprint density at radius 2 is 1.77 bits per heavy atom. The first-order chi connectivity index (χ1) is 14.4. The van der Waals surface area contributed by atoms with Crippen LogP contribution in [0.3, 0.4) is 0 Å². The molecule has 0 aliphatic carbocycles. The maximum Gasteiger partial charge on any atom is 0.332 e. The minimum atomic E-state index is -3.56. The molecule has 2 aromatic carbocycles. The van der Waals surface area contributed by atoms with Crippen LogP contribution >= 0.6 is 0 Å². The second kappa shape index (κ2) is 8.08. The van der Waals surface area contributed by atoms with Crippen LogP contribution in [0.1, 0.15) is 18.4 Å². The highest BCUT2D eigenvalue weighted by Gasteiger charge is 2.49. The summed E-state index contributed by atoms with van der Waals surface area (Å²) in [5.41, 5.74) is 1.17. The van der Waals surface area contributed by atoms with Crippen LogP contribution in [0.4, 0.5) is 10.5 Å². The largest absolute Gasteiger partial charge is 0.497 e. The van der Waals surface area contributed by atoms with E-state index in [1.807, 2.05) is 6.07 Å². The normalized spacial score (nSPS) is 21.6. The average Bonchev–Trinajstić information content (AvgIpc) is 2.98. The number of rotatable bonds is 6. The molecule has 30 heavy (non-hydrogen) atoms. The Labute approximate surface area is 175 Å². The van der Waals surface area contributed by atoms with Gasteiger partial charge >= 0.3 is 6.03 Å². The van der Waals surface area contributed by atoms with Gasteiger partial charge < -0.3 is 9.64 Å². The molecule has 2 fully saturated rings. The summed E-state index contributed by atoms with van der Waals surface area (Å²) in [5.74, 6) is 0.171. The summed E-state index contributed by atoms with van der Waals surface area (Å²) >= 11 is 0. The van der Waals surface area contributed by atoms with E-state index >= 15 is 0 Å².